The third kappa shape index (κ3) is 2.33. The molecular weight excluding hydrogens is 216 g/mol. The molecule has 1 aliphatic rings. The second-order valence-electron chi connectivity index (χ2n) is 4.58. The predicted octanol–water partition coefficient (Wildman–Crippen LogP) is 0.547. The maximum Gasteiger partial charge on any atom is 0.324 e. The topological polar surface area (TPSA) is 75.3 Å². The third-order valence-electron chi connectivity index (χ3n) is 3.36. The Bertz CT molecular complexity index is 393. The van der Waals surface area contributed by atoms with E-state index in [1.807, 2.05) is 24.3 Å². The number of benzene rings is 1. The smallest absolute Gasteiger partial charge is 0.324 e. The molecule has 4 nitrogen and oxygen atoms in total. The molecule has 1 aliphatic carbocycles. The van der Waals surface area contributed by atoms with Crippen LogP contribution in [0, 0.1) is 0 Å². The lowest BCUT2D eigenvalue weighted by molar-refractivity contribution is -0.144. The Morgan fingerprint density at radius 3 is 2.41 bits per heavy atom. The molecule has 4 heteroatoms. The van der Waals surface area contributed by atoms with E-state index in [4.69, 9.17) is 5.73 Å². The Morgan fingerprint density at radius 1 is 1.35 bits per heavy atom. The molecule has 0 bridgehead atoms. The normalized spacial score (nSPS) is 16.8. The number of hydrogen-bond donors (Lipinski definition) is 3. The van der Waals surface area contributed by atoms with Crippen LogP contribution in [-0.2, 0) is 17.6 Å². The van der Waals surface area contributed by atoms with Gasteiger partial charge in [-0.2, -0.15) is 0 Å². The Hall–Kier alpha value is -1.39. The van der Waals surface area contributed by atoms with Crippen LogP contribution in [0.25, 0.3) is 0 Å². The molecule has 0 spiro atoms. The first kappa shape index (κ1) is 12.1. The monoisotopic (exact) mass is 234 g/mol. The van der Waals surface area contributed by atoms with Gasteiger partial charge < -0.3 is 16.2 Å². The molecule has 0 amide bonds. The lowest BCUT2D eigenvalue weighted by Gasteiger charge is -2.25. The van der Waals surface area contributed by atoms with Gasteiger partial charge in [-0.25, -0.2) is 0 Å². The Balaban J connectivity index is 2.14. The number of rotatable bonds is 5. The molecule has 0 aromatic heterocycles. The molecular formula is C13H18N2O2. The second-order valence-corrected chi connectivity index (χ2v) is 4.58. The van der Waals surface area contributed by atoms with Gasteiger partial charge in [0.15, 0.2) is 0 Å². The van der Waals surface area contributed by atoms with Crippen LogP contribution >= 0.6 is 0 Å². The molecule has 1 aromatic carbocycles. The molecule has 4 N–H and O–H groups in total. The largest absolute Gasteiger partial charge is 0.480 e. The molecule has 92 valence electrons. The number of carbonyl (C=O) groups is 1. The summed E-state index contributed by atoms with van der Waals surface area (Å²) in [5, 5.41) is 12.6. The molecule has 0 radical (unpaired) electrons. The van der Waals surface area contributed by atoms with Gasteiger partial charge in [-0.1, -0.05) is 24.3 Å². The summed E-state index contributed by atoms with van der Waals surface area (Å²) in [7, 11) is 0. The average Bonchev–Trinajstić information content (AvgIpc) is 2.69. The number of carboxylic acids is 1. The van der Waals surface area contributed by atoms with Gasteiger partial charge in [-0.05, 0) is 30.6 Å². The van der Waals surface area contributed by atoms with E-state index in [0.717, 1.165) is 17.5 Å². The van der Waals surface area contributed by atoms with Crippen molar-refractivity contribution in [2.45, 2.75) is 24.8 Å². The fraction of sp³-hybridized carbons (Fsp3) is 0.462. The molecule has 0 unspecified atom stereocenters. The van der Waals surface area contributed by atoms with Crippen LogP contribution in [0.5, 0.6) is 0 Å². The molecule has 17 heavy (non-hydrogen) atoms. The molecule has 0 fully saturated rings. The quantitative estimate of drug-likeness (QED) is 0.650. The van der Waals surface area contributed by atoms with Crippen LogP contribution in [0.15, 0.2) is 24.3 Å². The summed E-state index contributed by atoms with van der Waals surface area (Å²) in [5.41, 5.74) is 6.86. The minimum atomic E-state index is -0.834. The Kier molecular flexibility index (Phi) is 3.45. The number of carboxylic acid groups (broad SMARTS) is 1. The molecule has 2 rings (SSSR count). The molecule has 0 heterocycles. The third-order valence-corrected chi connectivity index (χ3v) is 3.36. The summed E-state index contributed by atoms with van der Waals surface area (Å²) in [6.07, 6.45) is 1.91. The number of fused-ring (bicyclic) bond motifs is 1. The van der Waals surface area contributed by atoms with Crippen molar-refractivity contribution in [2.24, 2.45) is 5.73 Å². The van der Waals surface area contributed by atoms with Crippen LogP contribution in [0.1, 0.15) is 17.5 Å². The number of nitrogens with two attached hydrogens (primary N) is 1. The summed E-state index contributed by atoms with van der Waals surface area (Å²) < 4.78 is 0. The lowest BCUT2D eigenvalue weighted by atomic mass is 9.95. The highest BCUT2D eigenvalue weighted by Gasteiger charge is 2.43. The maximum atomic E-state index is 11.5. The van der Waals surface area contributed by atoms with Gasteiger partial charge in [-0.15, -0.1) is 0 Å². The SMILES string of the molecule is NCCCNC1(C(=O)O)Cc2ccccc2C1. The average molecular weight is 234 g/mol. The predicted molar refractivity (Wildman–Crippen MR) is 65.9 cm³/mol. The van der Waals surface area contributed by atoms with E-state index < -0.39 is 11.5 Å². The van der Waals surface area contributed by atoms with E-state index in [9.17, 15) is 9.90 Å². The van der Waals surface area contributed by atoms with Gasteiger partial charge in [-0.3, -0.25) is 4.79 Å². The van der Waals surface area contributed by atoms with Gasteiger partial charge >= 0.3 is 5.97 Å². The fourth-order valence-corrected chi connectivity index (χ4v) is 2.40. The fourth-order valence-electron chi connectivity index (χ4n) is 2.40. The first-order valence-corrected chi connectivity index (χ1v) is 5.93. The van der Waals surface area contributed by atoms with Crippen molar-refractivity contribution in [2.75, 3.05) is 13.1 Å². The number of aliphatic carboxylic acids is 1. The Labute approximate surface area is 101 Å². The van der Waals surface area contributed by atoms with Crippen LogP contribution in [-0.4, -0.2) is 29.7 Å². The maximum absolute atomic E-state index is 11.5. The van der Waals surface area contributed by atoms with E-state index in [2.05, 4.69) is 5.32 Å². The van der Waals surface area contributed by atoms with Crippen molar-refractivity contribution in [3.8, 4) is 0 Å². The van der Waals surface area contributed by atoms with Crippen LogP contribution in [0.2, 0.25) is 0 Å². The van der Waals surface area contributed by atoms with Crippen molar-refractivity contribution in [1.29, 1.82) is 0 Å². The molecule has 0 aliphatic heterocycles. The van der Waals surface area contributed by atoms with E-state index in [1.165, 1.54) is 0 Å². The molecule has 0 saturated heterocycles. The zero-order valence-electron chi connectivity index (χ0n) is 9.78. The van der Waals surface area contributed by atoms with Gasteiger partial charge in [0.05, 0.1) is 0 Å². The van der Waals surface area contributed by atoms with Crippen LogP contribution in [0.3, 0.4) is 0 Å². The number of hydrogen-bond acceptors (Lipinski definition) is 3. The van der Waals surface area contributed by atoms with Crippen molar-refractivity contribution in [3.63, 3.8) is 0 Å². The van der Waals surface area contributed by atoms with Crippen LogP contribution < -0.4 is 11.1 Å². The first-order valence-electron chi connectivity index (χ1n) is 5.93. The van der Waals surface area contributed by atoms with E-state index >= 15 is 0 Å². The highest BCUT2D eigenvalue weighted by molar-refractivity contribution is 5.81. The molecule has 0 saturated carbocycles. The highest BCUT2D eigenvalue weighted by atomic mass is 16.4. The van der Waals surface area contributed by atoms with Crippen molar-refractivity contribution in [3.05, 3.63) is 35.4 Å². The van der Waals surface area contributed by atoms with E-state index in [-0.39, 0.29) is 0 Å². The van der Waals surface area contributed by atoms with Gasteiger partial charge in [0.2, 0.25) is 0 Å². The zero-order valence-corrected chi connectivity index (χ0v) is 9.78. The molecule has 0 atom stereocenters. The minimum Gasteiger partial charge on any atom is -0.480 e. The van der Waals surface area contributed by atoms with Crippen molar-refractivity contribution in [1.82, 2.24) is 5.32 Å². The molecule has 1 aromatic rings. The van der Waals surface area contributed by atoms with Gasteiger partial charge in [0.25, 0.3) is 0 Å². The first-order chi connectivity index (χ1) is 8.18. The summed E-state index contributed by atoms with van der Waals surface area (Å²) in [6.45, 7) is 1.23. The van der Waals surface area contributed by atoms with Gasteiger partial charge in [0.1, 0.15) is 5.54 Å². The summed E-state index contributed by atoms with van der Waals surface area (Å²) >= 11 is 0. The standard InChI is InChI=1S/C13H18N2O2/c14-6-3-7-15-13(12(16)17)8-10-4-1-2-5-11(10)9-13/h1-2,4-5,15H,3,6-9,14H2,(H,16,17). The Morgan fingerprint density at radius 2 is 1.94 bits per heavy atom. The number of nitrogens with one attached hydrogen (secondary N) is 1. The second kappa shape index (κ2) is 4.85. The van der Waals surface area contributed by atoms with Crippen molar-refractivity contribution >= 4 is 5.97 Å². The van der Waals surface area contributed by atoms with E-state index in [0.29, 0.717) is 25.9 Å². The van der Waals surface area contributed by atoms with Gasteiger partial charge in [0, 0.05) is 12.8 Å². The highest BCUT2D eigenvalue weighted by Crippen LogP contribution is 2.30. The lowest BCUT2D eigenvalue weighted by Crippen LogP contribution is -2.53. The summed E-state index contributed by atoms with van der Waals surface area (Å²) in [4.78, 5) is 11.5. The summed E-state index contributed by atoms with van der Waals surface area (Å²) in [5.74, 6) is -0.772. The van der Waals surface area contributed by atoms with E-state index in [1.54, 1.807) is 0 Å². The minimum absolute atomic E-state index is 0.559. The zero-order chi connectivity index (χ0) is 12.3. The summed E-state index contributed by atoms with van der Waals surface area (Å²) in [6, 6.07) is 7.92. The van der Waals surface area contributed by atoms with Crippen LogP contribution in [0.4, 0.5) is 0 Å². The van der Waals surface area contributed by atoms with Crippen molar-refractivity contribution < 1.29 is 9.90 Å².